The van der Waals surface area contributed by atoms with E-state index in [4.69, 9.17) is 9.47 Å². The monoisotopic (exact) mass is 461 g/mol. The van der Waals surface area contributed by atoms with E-state index in [1.54, 1.807) is 30.6 Å². The van der Waals surface area contributed by atoms with Crippen LogP contribution in [-0.2, 0) is 20.9 Å². The van der Waals surface area contributed by atoms with Gasteiger partial charge in [0.1, 0.15) is 12.2 Å². The van der Waals surface area contributed by atoms with Gasteiger partial charge < -0.3 is 24.4 Å². The second-order valence-corrected chi connectivity index (χ2v) is 9.60. The fourth-order valence-corrected chi connectivity index (χ4v) is 4.15. The number of nitrogens with zero attached hydrogens (tertiary/aromatic N) is 3. The number of carbonyl (C=O) groups is 3. The van der Waals surface area contributed by atoms with Gasteiger partial charge in [-0.15, -0.1) is 0 Å². The number of likely N-dealkylation sites (tertiary alicyclic amines) is 1. The summed E-state index contributed by atoms with van der Waals surface area (Å²) in [5.74, 6) is -0.176. The van der Waals surface area contributed by atoms with Crippen molar-refractivity contribution in [3.63, 3.8) is 0 Å². The average Bonchev–Trinajstić information content (AvgIpc) is 2.81. The molecule has 1 atom stereocenters. The number of hydrogen-bond acceptors (Lipinski definition) is 6. The highest BCUT2D eigenvalue weighted by Crippen LogP contribution is 2.23. The quantitative estimate of drug-likeness (QED) is 0.740. The molecule has 3 amide bonds. The Labute approximate surface area is 195 Å². The van der Waals surface area contributed by atoms with E-state index < -0.39 is 17.7 Å². The van der Waals surface area contributed by atoms with Crippen molar-refractivity contribution >= 4 is 18.1 Å². The second-order valence-electron chi connectivity index (χ2n) is 9.60. The minimum Gasteiger partial charge on any atom is -0.445 e. The molecule has 33 heavy (non-hydrogen) atoms. The van der Waals surface area contributed by atoms with Crippen molar-refractivity contribution in [2.75, 3.05) is 39.3 Å². The summed E-state index contributed by atoms with van der Waals surface area (Å²) in [7, 11) is 0. The molecule has 9 heteroatoms. The molecule has 1 aromatic carbocycles. The van der Waals surface area contributed by atoms with Crippen LogP contribution in [0.2, 0.25) is 0 Å². The van der Waals surface area contributed by atoms with Gasteiger partial charge in [0, 0.05) is 38.6 Å². The Bertz CT molecular complexity index is 817. The summed E-state index contributed by atoms with van der Waals surface area (Å²) in [4.78, 5) is 42.7. The van der Waals surface area contributed by atoms with E-state index in [0.29, 0.717) is 39.0 Å². The Balaban J connectivity index is 1.46. The summed E-state index contributed by atoms with van der Waals surface area (Å²) in [5.41, 5.74) is 0.306. The zero-order valence-corrected chi connectivity index (χ0v) is 19.7. The summed E-state index contributed by atoms with van der Waals surface area (Å²) in [5, 5.41) is 9.80. The number of hydrogen-bond donors (Lipinski definition) is 1. The number of aliphatic hydroxyl groups is 1. The highest BCUT2D eigenvalue weighted by atomic mass is 16.6. The Morgan fingerprint density at radius 2 is 1.64 bits per heavy atom. The van der Waals surface area contributed by atoms with Crippen LogP contribution in [0.15, 0.2) is 30.3 Å². The van der Waals surface area contributed by atoms with Gasteiger partial charge in [0.05, 0.1) is 12.6 Å². The van der Waals surface area contributed by atoms with Crippen LogP contribution in [0.5, 0.6) is 0 Å². The second kappa shape index (κ2) is 10.9. The molecule has 1 aromatic rings. The lowest BCUT2D eigenvalue weighted by Crippen LogP contribution is -2.59. The van der Waals surface area contributed by atoms with E-state index in [-0.39, 0.29) is 37.7 Å². The van der Waals surface area contributed by atoms with Gasteiger partial charge in [-0.25, -0.2) is 9.59 Å². The van der Waals surface area contributed by atoms with Crippen LogP contribution in [0, 0.1) is 5.92 Å². The van der Waals surface area contributed by atoms with E-state index in [1.807, 2.05) is 30.3 Å². The van der Waals surface area contributed by atoms with E-state index in [2.05, 4.69) is 0 Å². The van der Waals surface area contributed by atoms with Crippen molar-refractivity contribution < 1.29 is 29.0 Å². The third-order valence-electron chi connectivity index (χ3n) is 5.94. The summed E-state index contributed by atoms with van der Waals surface area (Å²) in [6, 6.07) is 9.02. The van der Waals surface area contributed by atoms with Crippen molar-refractivity contribution in [1.29, 1.82) is 0 Å². The van der Waals surface area contributed by atoms with Gasteiger partial charge in [-0.05, 0) is 39.2 Å². The molecule has 1 unspecified atom stereocenters. The van der Waals surface area contributed by atoms with E-state index in [9.17, 15) is 19.5 Å². The third kappa shape index (κ3) is 6.83. The standard InChI is InChI=1S/C24H35N3O6/c1-24(2,3)33-23(31)27-14-13-26(15-20(27)16-28)21(29)19-9-11-25(12-10-19)22(30)32-17-18-7-5-4-6-8-18/h4-8,19-20,28H,9-17H2,1-3H3. The molecule has 2 saturated heterocycles. The van der Waals surface area contributed by atoms with Gasteiger partial charge in [-0.1, -0.05) is 30.3 Å². The number of benzene rings is 1. The Morgan fingerprint density at radius 3 is 2.24 bits per heavy atom. The molecule has 2 fully saturated rings. The molecule has 0 bridgehead atoms. The summed E-state index contributed by atoms with van der Waals surface area (Å²) in [6.07, 6.45) is 0.289. The Morgan fingerprint density at radius 1 is 0.970 bits per heavy atom. The smallest absolute Gasteiger partial charge is 0.410 e. The van der Waals surface area contributed by atoms with Crippen LogP contribution >= 0.6 is 0 Å². The van der Waals surface area contributed by atoms with Gasteiger partial charge in [0.15, 0.2) is 0 Å². The maximum atomic E-state index is 13.1. The van der Waals surface area contributed by atoms with Crippen molar-refractivity contribution in [1.82, 2.24) is 14.7 Å². The first kappa shape index (κ1) is 24.8. The molecule has 2 aliphatic rings. The lowest BCUT2D eigenvalue weighted by atomic mass is 9.95. The van der Waals surface area contributed by atoms with Gasteiger partial charge in [-0.3, -0.25) is 9.69 Å². The number of aliphatic hydroxyl groups excluding tert-OH is 1. The molecule has 0 aliphatic carbocycles. The normalized spacial score (nSPS) is 19.9. The molecular formula is C24H35N3O6. The first-order chi connectivity index (χ1) is 15.7. The number of carbonyl (C=O) groups excluding carboxylic acids is 3. The first-order valence-electron chi connectivity index (χ1n) is 11.5. The molecule has 3 rings (SSSR count). The molecule has 2 aliphatic heterocycles. The number of amides is 3. The van der Waals surface area contributed by atoms with Crippen molar-refractivity contribution in [2.45, 2.75) is 51.9 Å². The van der Waals surface area contributed by atoms with Crippen LogP contribution < -0.4 is 0 Å². The molecule has 2 heterocycles. The van der Waals surface area contributed by atoms with Gasteiger partial charge in [-0.2, -0.15) is 0 Å². The largest absolute Gasteiger partial charge is 0.445 e. The van der Waals surface area contributed by atoms with Crippen molar-refractivity contribution in [3.05, 3.63) is 35.9 Å². The Hall–Kier alpha value is -2.81. The third-order valence-corrected chi connectivity index (χ3v) is 5.94. The van der Waals surface area contributed by atoms with E-state index in [0.717, 1.165) is 5.56 Å². The zero-order chi connectivity index (χ0) is 24.0. The van der Waals surface area contributed by atoms with E-state index in [1.165, 1.54) is 4.90 Å². The summed E-state index contributed by atoms with van der Waals surface area (Å²) in [6.45, 7) is 7.28. The highest BCUT2D eigenvalue weighted by molar-refractivity contribution is 5.80. The number of ether oxygens (including phenoxy) is 2. The summed E-state index contributed by atoms with van der Waals surface area (Å²) < 4.78 is 10.8. The molecule has 9 nitrogen and oxygen atoms in total. The average molecular weight is 462 g/mol. The molecule has 0 spiro atoms. The lowest BCUT2D eigenvalue weighted by Gasteiger charge is -2.42. The number of rotatable bonds is 4. The number of piperidine rings is 1. The molecule has 0 saturated carbocycles. The van der Waals surface area contributed by atoms with Gasteiger partial charge in [0.2, 0.25) is 5.91 Å². The molecule has 1 N–H and O–H groups in total. The topological polar surface area (TPSA) is 99.6 Å². The minimum atomic E-state index is -0.625. The van der Waals surface area contributed by atoms with Crippen molar-refractivity contribution in [2.24, 2.45) is 5.92 Å². The SMILES string of the molecule is CC(C)(C)OC(=O)N1CCN(C(=O)C2CCN(C(=O)OCc3ccccc3)CC2)CC1CO. The van der Waals surface area contributed by atoms with Crippen LogP contribution in [0.25, 0.3) is 0 Å². The molecule has 0 aromatic heterocycles. The van der Waals surface area contributed by atoms with Crippen LogP contribution in [0.4, 0.5) is 9.59 Å². The maximum Gasteiger partial charge on any atom is 0.410 e. The van der Waals surface area contributed by atoms with Gasteiger partial charge in [0.25, 0.3) is 0 Å². The fraction of sp³-hybridized carbons (Fsp3) is 0.625. The van der Waals surface area contributed by atoms with Gasteiger partial charge >= 0.3 is 12.2 Å². The Kier molecular flexibility index (Phi) is 8.18. The summed E-state index contributed by atoms with van der Waals surface area (Å²) >= 11 is 0. The fourth-order valence-electron chi connectivity index (χ4n) is 4.15. The predicted molar refractivity (Wildman–Crippen MR) is 121 cm³/mol. The van der Waals surface area contributed by atoms with E-state index >= 15 is 0 Å². The van der Waals surface area contributed by atoms with Crippen LogP contribution in [-0.4, -0.2) is 88.9 Å². The first-order valence-corrected chi connectivity index (χ1v) is 11.5. The predicted octanol–water partition coefficient (Wildman–Crippen LogP) is 2.48. The van der Waals surface area contributed by atoms with Crippen molar-refractivity contribution in [3.8, 4) is 0 Å². The number of piperazine rings is 1. The molecular weight excluding hydrogens is 426 g/mol. The van der Waals surface area contributed by atoms with Crippen LogP contribution in [0.1, 0.15) is 39.2 Å². The zero-order valence-electron chi connectivity index (χ0n) is 19.7. The molecule has 0 radical (unpaired) electrons. The minimum absolute atomic E-state index is 0.00888. The van der Waals surface area contributed by atoms with Crippen LogP contribution in [0.3, 0.4) is 0 Å². The maximum absolute atomic E-state index is 13.1. The highest BCUT2D eigenvalue weighted by Gasteiger charge is 2.37. The lowest BCUT2D eigenvalue weighted by molar-refractivity contribution is -0.140. The molecule has 182 valence electrons.